The third kappa shape index (κ3) is 3.17. The average Bonchev–Trinajstić information content (AvgIpc) is 2.24. The van der Waals surface area contributed by atoms with Crippen LogP contribution in [0.3, 0.4) is 0 Å². The van der Waals surface area contributed by atoms with Crippen LogP contribution >= 0.6 is 0 Å². The molecule has 4 heteroatoms. The van der Waals surface area contributed by atoms with Crippen molar-refractivity contribution in [2.45, 2.75) is 25.9 Å². The first-order valence-corrected chi connectivity index (χ1v) is 5.29. The Morgan fingerprint density at radius 2 is 2.06 bits per heavy atom. The number of ether oxygens (including phenoxy) is 1. The van der Waals surface area contributed by atoms with E-state index in [9.17, 15) is 8.78 Å². The molecule has 90 valence electrons. The van der Waals surface area contributed by atoms with Crippen LogP contribution in [-0.4, -0.2) is 19.2 Å². The molecule has 16 heavy (non-hydrogen) atoms. The van der Waals surface area contributed by atoms with Crippen LogP contribution in [0.15, 0.2) is 18.2 Å². The number of nitrogens with one attached hydrogen (secondary N) is 1. The van der Waals surface area contributed by atoms with Crippen molar-refractivity contribution >= 4 is 0 Å². The molecule has 0 fully saturated rings. The molecule has 0 bridgehead atoms. The Morgan fingerprint density at radius 3 is 2.62 bits per heavy atom. The Bertz CT molecular complexity index is 357. The van der Waals surface area contributed by atoms with Crippen molar-refractivity contribution < 1.29 is 13.5 Å². The van der Waals surface area contributed by atoms with Crippen molar-refractivity contribution in [2.24, 2.45) is 0 Å². The van der Waals surface area contributed by atoms with Gasteiger partial charge in [0.15, 0.2) is 11.6 Å². The first-order chi connectivity index (χ1) is 7.50. The first kappa shape index (κ1) is 12.9. The van der Waals surface area contributed by atoms with Gasteiger partial charge in [-0.25, -0.2) is 8.78 Å². The average molecular weight is 229 g/mol. The van der Waals surface area contributed by atoms with Gasteiger partial charge < -0.3 is 10.1 Å². The highest BCUT2D eigenvalue weighted by molar-refractivity contribution is 5.25. The maximum atomic E-state index is 13.4. The molecule has 2 nitrogen and oxygen atoms in total. The van der Waals surface area contributed by atoms with Gasteiger partial charge in [-0.1, -0.05) is 6.92 Å². The van der Waals surface area contributed by atoms with Crippen molar-refractivity contribution in [3.63, 3.8) is 0 Å². The quantitative estimate of drug-likeness (QED) is 0.838. The second kappa shape index (κ2) is 5.25. The molecule has 1 rings (SSSR count). The van der Waals surface area contributed by atoms with E-state index in [1.807, 2.05) is 13.8 Å². The number of hydrogen-bond donors (Lipinski definition) is 1. The summed E-state index contributed by atoms with van der Waals surface area (Å²) >= 11 is 0. The lowest BCUT2D eigenvalue weighted by Gasteiger charge is -2.29. The normalized spacial score (nSPS) is 14.6. The Morgan fingerprint density at radius 1 is 1.38 bits per heavy atom. The Balaban J connectivity index is 2.89. The van der Waals surface area contributed by atoms with E-state index in [2.05, 4.69) is 5.32 Å². The first-order valence-electron chi connectivity index (χ1n) is 5.29. The highest BCUT2D eigenvalue weighted by Gasteiger charge is 2.24. The van der Waals surface area contributed by atoms with Crippen LogP contribution in [-0.2, 0) is 0 Å². The zero-order chi connectivity index (χ0) is 12.2. The summed E-state index contributed by atoms with van der Waals surface area (Å²) in [5.41, 5.74) is -0.538. The monoisotopic (exact) mass is 229 g/mol. The summed E-state index contributed by atoms with van der Waals surface area (Å²) < 4.78 is 31.8. The minimum atomic E-state index is -0.544. The maximum absolute atomic E-state index is 13.4. The maximum Gasteiger partial charge on any atom is 0.165 e. The fraction of sp³-hybridized carbons (Fsp3) is 0.500. The third-order valence-corrected chi connectivity index (χ3v) is 2.55. The zero-order valence-corrected chi connectivity index (χ0v) is 9.81. The minimum absolute atomic E-state index is 0.0420. The van der Waals surface area contributed by atoms with Crippen LogP contribution in [0.1, 0.15) is 20.3 Å². The number of rotatable bonds is 5. The van der Waals surface area contributed by atoms with Gasteiger partial charge in [0.1, 0.15) is 11.4 Å². The molecule has 0 aromatic heterocycles. The molecule has 0 radical (unpaired) electrons. The molecule has 1 aromatic carbocycles. The van der Waals surface area contributed by atoms with Gasteiger partial charge in [0, 0.05) is 12.6 Å². The van der Waals surface area contributed by atoms with E-state index in [-0.39, 0.29) is 5.75 Å². The van der Waals surface area contributed by atoms with E-state index >= 15 is 0 Å². The third-order valence-electron chi connectivity index (χ3n) is 2.55. The summed E-state index contributed by atoms with van der Waals surface area (Å²) in [5.74, 6) is -1.09. The second-order valence-electron chi connectivity index (χ2n) is 4.01. The van der Waals surface area contributed by atoms with Crippen molar-refractivity contribution in [3.05, 3.63) is 29.8 Å². The molecule has 1 atom stereocenters. The summed E-state index contributed by atoms with van der Waals surface area (Å²) in [4.78, 5) is 0. The van der Waals surface area contributed by atoms with Gasteiger partial charge in [-0.05, 0) is 32.5 Å². The smallest absolute Gasteiger partial charge is 0.165 e. The van der Waals surface area contributed by atoms with Crippen LogP contribution in [0, 0.1) is 11.6 Å². The second-order valence-corrected chi connectivity index (χ2v) is 4.01. The van der Waals surface area contributed by atoms with Crippen LogP contribution < -0.4 is 10.1 Å². The predicted octanol–water partition coefficient (Wildman–Crippen LogP) is 2.73. The van der Waals surface area contributed by atoms with Crippen LogP contribution in [0.2, 0.25) is 0 Å². The van der Waals surface area contributed by atoms with Crippen LogP contribution in [0.5, 0.6) is 5.75 Å². The van der Waals surface area contributed by atoms with Crippen molar-refractivity contribution in [3.8, 4) is 5.75 Å². The molecule has 0 saturated heterocycles. The largest absolute Gasteiger partial charge is 0.483 e. The molecule has 0 aliphatic carbocycles. The summed E-state index contributed by atoms with van der Waals surface area (Å²) in [5, 5.41) is 2.97. The van der Waals surface area contributed by atoms with Gasteiger partial charge in [-0.2, -0.15) is 0 Å². The van der Waals surface area contributed by atoms with Gasteiger partial charge in [0.05, 0.1) is 0 Å². The lowest BCUT2D eigenvalue weighted by atomic mass is 10.0. The van der Waals surface area contributed by atoms with E-state index in [0.29, 0.717) is 13.0 Å². The SMILES string of the molecule is CCC(C)(CNC)Oc1cc(F)ccc1F. The number of hydrogen-bond acceptors (Lipinski definition) is 2. The van der Waals surface area contributed by atoms with Gasteiger partial charge in [-0.15, -0.1) is 0 Å². The van der Waals surface area contributed by atoms with E-state index in [1.54, 1.807) is 7.05 Å². The Hall–Kier alpha value is -1.16. The van der Waals surface area contributed by atoms with Crippen molar-refractivity contribution in [1.29, 1.82) is 0 Å². The molecular formula is C12H17F2NO. The predicted molar refractivity (Wildman–Crippen MR) is 59.6 cm³/mol. The molecule has 1 unspecified atom stereocenters. The fourth-order valence-corrected chi connectivity index (χ4v) is 1.43. The Kier molecular flexibility index (Phi) is 4.24. The number of benzene rings is 1. The highest BCUT2D eigenvalue weighted by atomic mass is 19.1. The van der Waals surface area contributed by atoms with E-state index in [1.165, 1.54) is 0 Å². The van der Waals surface area contributed by atoms with Gasteiger partial charge >= 0.3 is 0 Å². The standard InChI is InChI=1S/C12H17F2NO/c1-4-12(2,8-15-3)16-11-7-9(13)5-6-10(11)14/h5-7,15H,4,8H2,1-3H3. The summed E-state index contributed by atoms with van der Waals surface area (Å²) in [6, 6.07) is 3.21. The fourth-order valence-electron chi connectivity index (χ4n) is 1.43. The number of halogens is 2. The Labute approximate surface area is 94.6 Å². The molecule has 1 N–H and O–H groups in total. The molecule has 1 aromatic rings. The van der Waals surface area contributed by atoms with Crippen molar-refractivity contribution in [2.75, 3.05) is 13.6 Å². The van der Waals surface area contributed by atoms with E-state index in [0.717, 1.165) is 18.2 Å². The number of likely N-dealkylation sites (N-methyl/N-ethyl adjacent to an activating group) is 1. The van der Waals surface area contributed by atoms with Crippen LogP contribution in [0.4, 0.5) is 8.78 Å². The highest BCUT2D eigenvalue weighted by Crippen LogP contribution is 2.24. The molecule has 0 spiro atoms. The molecule has 0 aliphatic heterocycles. The molecule has 0 aliphatic rings. The molecule has 0 amide bonds. The van der Waals surface area contributed by atoms with E-state index in [4.69, 9.17) is 4.74 Å². The topological polar surface area (TPSA) is 21.3 Å². The summed E-state index contributed by atoms with van der Waals surface area (Å²) in [6.07, 6.45) is 0.698. The van der Waals surface area contributed by atoms with E-state index < -0.39 is 17.2 Å². The molecule has 0 heterocycles. The molecular weight excluding hydrogens is 212 g/mol. The minimum Gasteiger partial charge on any atom is -0.483 e. The zero-order valence-electron chi connectivity index (χ0n) is 9.81. The van der Waals surface area contributed by atoms with Crippen LogP contribution in [0.25, 0.3) is 0 Å². The lowest BCUT2D eigenvalue weighted by molar-refractivity contribution is 0.0804. The van der Waals surface area contributed by atoms with Crippen molar-refractivity contribution in [1.82, 2.24) is 5.32 Å². The van der Waals surface area contributed by atoms with Gasteiger partial charge in [0.2, 0.25) is 0 Å². The molecule has 0 saturated carbocycles. The van der Waals surface area contributed by atoms with Gasteiger partial charge in [-0.3, -0.25) is 0 Å². The summed E-state index contributed by atoms with van der Waals surface area (Å²) in [7, 11) is 1.79. The summed E-state index contributed by atoms with van der Waals surface area (Å²) in [6.45, 7) is 4.36. The van der Waals surface area contributed by atoms with Gasteiger partial charge in [0.25, 0.3) is 0 Å². The lowest BCUT2D eigenvalue weighted by Crippen LogP contribution is -2.41.